The minimum absolute atomic E-state index is 0.210. The maximum absolute atomic E-state index is 12.5. The Hall–Kier alpha value is -1.75. The lowest BCUT2D eigenvalue weighted by Crippen LogP contribution is -2.41. The first-order valence-corrected chi connectivity index (χ1v) is 9.08. The summed E-state index contributed by atoms with van der Waals surface area (Å²) in [7, 11) is 0. The van der Waals surface area contributed by atoms with Gasteiger partial charge in [-0.3, -0.25) is 9.78 Å². The van der Waals surface area contributed by atoms with Gasteiger partial charge >= 0.3 is 0 Å². The Bertz CT molecular complexity index is 665. The van der Waals surface area contributed by atoms with Crippen molar-refractivity contribution in [2.24, 2.45) is 5.92 Å². The zero-order valence-corrected chi connectivity index (χ0v) is 14.6. The quantitative estimate of drug-likeness (QED) is 0.865. The van der Waals surface area contributed by atoms with Crippen LogP contribution in [0.4, 0.5) is 0 Å². The van der Waals surface area contributed by atoms with E-state index in [-0.39, 0.29) is 5.91 Å². The van der Waals surface area contributed by atoms with Crippen molar-refractivity contribution in [1.82, 2.24) is 14.9 Å². The number of piperidine rings is 1. The molecule has 0 aromatic carbocycles. The van der Waals surface area contributed by atoms with Gasteiger partial charge in [0, 0.05) is 30.4 Å². The van der Waals surface area contributed by atoms with Crippen molar-refractivity contribution >= 4 is 17.2 Å². The Morgan fingerprint density at radius 2 is 2.26 bits per heavy atom. The van der Waals surface area contributed by atoms with E-state index < -0.39 is 0 Å². The Kier molecular flexibility index (Phi) is 5.06. The highest BCUT2D eigenvalue weighted by atomic mass is 32.1. The molecule has 0 spiro atoms. The fourth-order valence-electron chi connectivity index (χ4n) is 3.17. The van der Waals surface area contributed by atoms with Crippen molar-refractivity contribution in [3.05, 3.63) is 45.7 Å². The number of thiazole rings is 1. The lowest BCUT2D eigenvalue weighted by molar-refractivity contribution is -0.132. The van der Waals surface area contributed by atoms with Crippen LogP contribution in [0.3, 0.4) is 0 Å². The number of carbonyl (C=O) groups is 1. The van der Waals surface area contributed by atoms with Crippen molar-refractivity contribution in [2.45, 2.75) is 39.5 Å². The van der Waals surface area contributed by atoms with Gasteiger partial charge in [-0.1, -0.05) is 6.07 Å². The van der Waals surface area contributed by atoms with Gasteiger partial charge in [0.05, 0.1) is 17.1 Å². The molecule has 0 N–H and O–H groups in total. The number of pyridine rings is 1. The van der Waals surface area contributed by atoms with E-state index in [0.29, 0.717) is 12.3 Å². The van der Waals surface area contributed by atoms with Crippen LogP contribution in [-0.4, -0.2) is 33.9 Å². The Morgan fingerprint density at radius 3 is 2.96 bits per heavy atom. The average molecular weight is 329 g/mol. The predicted octanol–water partition coefficient (Wildman–Crippen LogP) is 3.18. The largest absolute Gasteiger partial charge is 0.342 e. The van der Waals surface area contributed by atoms with Gasteiger partial charge in [-0.05, 0) is 50.7 Å². The number of amides is 1. The van der Waals surface area contributed by atoms with Crippen molar-refractivity contribution in [2.75, 3.05) is 13.1 Å². The third kappa shape index (κ3) is 4.38. The third-order valence-corrected chi connectivity index (χ3v) is 5.19. The molecule has 1 fully saturated rings. The van der Waals surface area contributed by atoms with E-state index in [1.165, 1.54) is 12.0 Å². The Morgan fingerprint density at radius 1 is 1.39 bits per heavy atom. The molecule has 0 saturated carbocycles. The van der Waals surface area contributed by atoms with Gasteiger partial charge in [0.25, 0.3) is 0 Å². The molecule has 2 aromatic rings. The molecule has 122 valence electrons. The van der Waals surface area contributed by atoms with Gasteiger partial charge in [-0.2, -0.15) is 0 Å². The summed E-state index contributed by atoms with van der Waals surface area (Å²) in [4.78, 5) is 23.3. The Labute approximate surface area is 141 Å². The number of nitrogens with zero attached hydrogens (tertiary/aromatic N) is 3. The van der Waals surface area contributed by atoms with Crippen molar-refractivity contribution < 1.29 is 4.79 Å². The number of hydrogen-bond donors (Lipinski definition) is 0. The highest BCUT2D eigenvalue weighted by Gasteiger charge is 2.24. The van der Waals surface area contributed by atoms with Gasteiger partial charge in [0.2, 0.25) is 5.91 Å². The fourth-order valence-corrected chi connectivity index (χ4v) is 3.78. The van der Waals surface area contributed by atoms with Crippen LogP contribution in [0.5, 0.6) is 0 Å². The molecule has 2 aromatic heterocycles. The second-order valence-electron chi connectivity index (χ2n) is 6.39. The first kappa shape index (κ1) is 16.1. The minimum atomic E-state index is 0.210. The van der Waals surface area contributed by atoms with Crippen LogP contribution in [0, 0.1) is 19.8 Å². The van der Waals surface area contributed by atoms with Crippen molar-refractivity contribution in [3.63, 3.8) is 0 Å². The monoisotopic (exact) mass is 329 g/mol. The molecule has 3 rings (SSSR count). The topological polar surface area (TPSA) is 46.1 Å². The number of hydrogen-bond acceptors (Lipinski definition) is 4. The molecule has 0 radical (unpaired) electrons. The van der Waals surface area contributed by atoms with Crippen LogP contribution >= 0.6 is 11.3 Å². The zero-order chi connectivity index (χ0) is 16.2. The first-order chi connectivity index (χ1) is 11.1. The molecule has 1 saturated heterocycles. The van der Waals surface area contributed by atoms with E-state index in [1.807, 2.05) is 30.3 Å². The van der Waals surface area contributed by atoms with Crippen LogP contribution < -0.4 is 0 Å². The van der Waals surface area contributed by atoms with E-state index in [0.717, 1.165) is 42.3 Å². The SMILES string of the molecule is Cc1ccc(C[C@H]2CCCN(C(=O)Cc3csc(C)n3)C2)cn1. The van der Waals surface area contributed by atoms with E-state index >= 15 is 0 Å². The van der Waals surface area contributed by atoms with Gasteiger partial charge in [-0.25, -0.2) is 4.98 Å². The van der Waals surface area contributed by atoms with Crippen LogP contribution in [0.15, 0.2) is 23.7 Å². The van der Waals surface area contributed by atoms with Gasteiger partial charge in [0.1, 0.15) is 0 Å². The smallest absolute Gasteiger partial charge is 0.228 e. The molecular formula is C18H23N3OS. The molecule has 5 heteroatoms. The normalized spacial score (nSPS) is 18.2. The summed E-state index contributed by atoms with van der Waals surface area (Å²) in [5.74, 6) is 0.747. The number of likely N-dealkylation sites (tertiary alicyclic amines) is 1. The summed E-state index contributed by atoms with van der Waals surface area (Å²) in [6.07, 6.45) is 5.68. The van der Waals surface area contributed by atoms with E-state index in [1.54, 1.807) is 11.3 Å². The second kappa shape index (κ2) is 7.21. The van der Waals surface area contributed by atoms with Crippen LogP contribution in [0.2, 0.25) is 0 Å². The van der Waals surface area contributed by atoms with Crippen LogP contribution in [-0.2, 0) is 17.6 Å². The summed E-state index contributed by atoms with van der Waals surface area (Å²) < 4.78 is 0. The molecule has 4 nitrogen and oxygen atoms in total. The molecular weight excluding hydrogens is 306 g/mol. The first-order valence-electron chi connectivity index (χ1n) is 8.20. The van der Waals surface area contributed by atoms with E-state index in [4.69, 9.17) is 0 Å². The van der Waals surface area contributed by atoms with Gasteiger partial charge < -0.3 is 4.90 Å². The lowest BCUT2D eigenvalue weighted by Gasteiger charge is -2.33. The molecule has 1 aliphatic heterocycles. The highest BCUT2D eigenvalue weighted by Crippen LogP contribution is 2.21. The molecule has 1 aliphatic rings. The predicted molar refractivity (Wildman–Crippen MR) is 92.5 cm³/mol. The molecule has 1 atom stereocenters. The number of carbonyl (C=O) groups excluding carboxylic acids is 1. The number of aromatic nitrogens is 2. The van der Waals surface area contributed by atoms with Crippen LogP contribution in [0.1, 0.15) is 34.8 Å². The summed E-state index contributed by atoms with van der Waals surface area (Å²) in [6, 6.07) is 4.22. The summed E-state index contributed by atoms with van der Waals surface area (Å²) in [5, 5.41) is 3.02. The van der Waals surface area contributed by atoms with Crippen molar-refractivity contribution in [1.29, 1.82) is 0 Å². The maximum atomic E-state index is 12.5. The highest BCUT2D eigenvalue weighted by molar-refractivity contribution is 7.09. The van der Waals surface area contributed by atoms with Gasteiger partial charge in [-0.15, -0.1) is 11.3 Å². The lowest BCUT2D eigenvalue weighted by atomic mass is 9.91. The molecule has 23 heavy (non-hydrogen) atoms. The zero-order valence-electron chi connectivity index (χ0n) is 13.8. The maximum Gasteiger partial charge on any atom is 0.228 e. The fraction of sp³-hybridized carbons (Fsp3) is 0.500. The number of aryl methyl sites for hydroxylation is 2. The van der Waals surface area contributed by atoms with E-state index in [9.17, 15) is 4.79 Å². The summed E-state index contributed by atoms with van der Waals surface area (Å²) in [5.41, 5.74) is 3.22. The second-order valence-corrected chi connectivity index (χ2v) is 7.46. The van der Waals surface area contributed by atoms with Crippen LogP contribution in [0.25, 0.3) is 0 Å². The Balaban J connectivity index is 1.57. The molecule has 0 bridgehead atoms. The molecule has 1 amide bonds. The molecule has 3 heterocycles. The summed E-state index contributed by atoms with van der Waals surface area (Å²) >= 11 is 1.61. The molecule has 0 unspecified atom stereocenters. The summed E-state index contributed by atoms with van der Waals surface area (Å²) in [6.45, 7) is 5.72. The average Bonchev–Trinajstić information content (AvgIpc) is 2.95. The van der Waals surface area contributed by atoms with Gasteiger partial charge in [0.15, 0.2) is 0 Å². The van der Waals surface area contributed by atoms with Crippen molar-refractivity contribution in [3.8, 4) is 0 Å². The number of rotatable bonds is 4. The minimum Gasteiger partial charge on any atom is -0.342 e. The molecule has 0 aliphatic carbocycles. The standard InChI is InChI=1S/C18H23N3OS/c1-13-5-6-15(10-19-13)8-16-4-3-7-21(11-16)18(22)9-17-12-23-14(2)20-17/h5-6,10,12,16H,3-4,7-9,11H2,1-2H3/t16-/m1/s1. The third-order valence-electron chi connectivity index (χ3n) is 4.37. The van der Waals surface area contributed by atoms with E-state index in [2.05, 4.69) is 22.1 Å².